The van der Waals surface area contributed by atoms with Crippen molar-refractivity contribution in [3.63, 3.8) is 0 Å². The molecule has 10 nitrogen and oxygen atoms in total. The van der Waals surface area contributed by atoms with Gasteiger partial charge in [0.05, 0.1) is 25.2 Å². The average molecular weight is 479 g/mol. The lowest BCUT2D eigenvalue weighted by atomic mass is 10.3. The Labute approximate surface area is 192 Å². The molecule has 2 aromatic carbocycles. The van der Waals surface area contributed by atoms with Crippen molar-refractivity contribution in [1.82, 2.24) is 4.31 Å². The molecule has 1 N–H and O–H groups in total. The third-order valence-electron chi connectivity index (χ3n) is 4.80. The summed E-state index contributed by atoms with van der Waals surface area (Å²) in [4.78, 5) is 24.5. The van der Waals surface area contributed by atoms with Gasteiger partial charge < -0.3 is 24.3 Å². The van der Waals surface area contributed by atoms with Gasteiger partial charge in [0, 0.05) is 18.8 Å². The second-order valence-electron chi connectivity index (χ2n) is 7.13. The Hall–Kier alpha value is -3.15. The third-order valence-corrected chi connectivity index (χ3v) is 6.70. The van der Waals surface area contributed by atoms with Crippen LogP contribution in [0.5, 0.6) is 11.5 Å². The molecular formula is C22H26N2O8S. The molecule has 1 atom stereocenters. The summed E-state index contributed by atoms with van der Waals surface area (Å²) < 4.78 is 47.6. The van der Waals surface area contributed by atoms with Gasteiger partial charge in [0.1, 0.15) is 11.5 Å². The molecule has 1 unspecified atom stereocenters. The Balaban J connectivity index is 1.53. The van der Waals surface area contributed by atoms with Crippen LogP contribution in [-0.2, 0) is 29.1 Å². The predicted octanol–water partition coefficient (Wildman–Crippen LogP) is 1.67. The van der Waals surface area contributed by atoms with E-state index in [0.717, 1.165) is 0 Å². The summed E-state index contributed by atoms with van der Waals surface area (Å²) in [6.07, 6.45) is -1.11. The zero-order valence-electron chi connectivity index (χ0n) is 18.4. The molecule has 0 spiro atoms. The summed E-state index contributed by atoms with van der Waals surface area (Å²) in [5.74, 6) is -0.231. The van der Waals surface area contributed by atoms with Crippen LogP contribution in [0.25, 0.3) is 0 Å². The first-order valence-electron chi connectivity index (χ1n) is 10.2. The fourth-order valence-electron chi connectivity index (χ4n) is 3.01. The highest BCUT2D eigenvalue weighted by molar-refractivity contribution is 7.89. The van der Waals surface area contributed by atoms with Gasteiger partial charge in [-0.05, 0) is 49.4 Å². The number of amides is 1. The highest BCUT2D eigenvalue weighted by atomic mass is 32.2. The maximum atomic E-state index is 12.8. The number of carbonyl (C=O) groups excluding carboxylic acids is 2. The quantitative estimate of drug-likeness (QED) is 0.541. The summed E-state index contributed by atoms with van der Waals surface area (Å²) in [7, 11) is -2.16. The van der Waals surface area contributed by atoms with Crippen LogP contribution in [0, 0.1) is 0 Å². The SMILES string of the molecule is COc1ccc(OCC(=O)OC(C)C(=O)Nc2cccc(S(=O)(=O)N3CCOCC3)c2)cc1. The minimum Gasteiger partial charge on any atom is -0.497 e. The van der Waals surface area contributed by atoms with Crippen molar-refractivity contribution in [3.8, 4) is 11.5 Å². The highest BCUT2D eigenvalue weighted by Gasteiger charge is 2.27. The molecule has 2 aromatic rings. The van der Waals surface area contributed by atoms with E-state index in [1.54, 1.807) is 37.4 Å². The average Bonchev–Trinajstić information content (AvgIpc) is 2.83. The van der Waals surface area contributed by atoms with Gasteiger partial charge in [0.25, 0.3) is 5.91 Å². The van der Waals surface area contributed by atoms with Crippen LogP contribution in [0.2, 0.25) is 0 Å². The number of nitrogens with zero attached hydrogens (tertiary/aromatic N) is 1. The van der Waals surface area contributed by atoms with Crippen molar-refractivity contribution in [2.75, 3.05) is 45.3 Å². The normalized spacial score (nSPS) is 15.3. The maximum absolute atomic E-state index is 12.8. The van der Waals surface area contributed by atoms with E-state index in [1.165, 1.54) is 29.4 Å². The number of morpholine rings is 1. The van der Waals surface area contributed by atoms with E-state index >= 15 is 0 Å². The Morgan fingerprint density at radius 2 is 1.76 bits per heavy atom. The monoisotopic (exact) mass is 478 g/mol. The fraction of sp³-hybridized carbons (Fsp3) is 0.364. The molecule has 0 aliphatic carbocycles. The lowest BCUT2D eigenvalue weighted by Gasteiger charge is -2.26. The molecule has 0 radical (unpaired) electrons. The van der Waals surface area contributed by atoms with E-state index in [-0.39, 0.29) is 30.3 Å². The Bertz CT molecular complexity index is 1070. The number of esters is 1. The number of methoxy groups -OCH3 is 1. The molecule has 0 saturated carbocycles. The van der Waals surface area contributed by atoms with Gasteiger partial charge in [-0.2, -0.15) is 4.31 Å². The van der Waals surface area contributed by atoms with Gasteiger partial charge in [-0.1, -0.05) is 6.07 Å². The highest BCUT2D eigenvalue weighted by Crippen LogP contribution is 2.21. The first-order valence-corrected chi connectivity index (χ1v) is 11.7. The molecule has 0 aromatic heterocycles. The number of carbonyl (C=O) groups is 2. The van der Waals surface area contributed by atoms with E-state index in [9.17, 15) is 18.0 Å². The van der Waals surface area contributed by atoms with E-state index in [4.69, 9.17) is 18.9 Å². The fourth-order valence-corrected chi connectivity index (χ4v) is 4.47. The maximum Gasteiger partial charge on any atom is 0.344 e. The lowest BCUT2D eigenvalue weighted by molar-refractivity contribution is -0.155. The van der Waals surface area contributed by atoms with Crippen LogP contribution in [0.15, 0.2) is 53.4 Å². The molecule has 1 aliphatic rings. The van der Waals surface area contributed by atoms with Crippen LogP contribution < -0.4 is 14.8 Å². The van der Waals surface area contributed by atoms with Crippen LogP contribution >= 0.6 is 0 Å². The molecule has 1 amide bonds. The van der Waals surface area contributed by atoms with Crippen molar-refractivity contribution < 1.29 is 37.0 Å². The molecule has 1 saturated heterocycles. The number of ether oxygens (including phenoxy) is 4. The first-order chi connectivity index (χ1) is 15.8. The molecule has 178 valence electrons. The van der Waals surface area contributed by atoms with Crippen molar-refractivity contribution in [2.45, 2.75) is 17.9 Å². The van der Waals surface area contributed by atoms with Gasteiger partial charge in [0.15, 0.2) is 12.7 Å². The van der Waals surface area contributed by atoms with Crippen LogP contribution in [0.3, 0.4) is 0 Å². The topological polar surface area (TPSA) is 120 Å². The van der Waals surface area contributed by atoms with Gasteiger partial charge in [-0.3, -0.25) is 4.79 Å². The van der Waals surface area contributed by atoms with Crippen molar-refractivity contribution in [1.29, 1.82) is 0 Å². The molecule has 11 heteroatoms. The number of nitrogens with one attached hydrogen (secondary N) is 1. The first kappa shape index (κ1) is 24.5. The second-order valence-corrected chi connectivity index (χ2v) is 9.07. The molecule has 1 heterocycles. The summed E-state index contributed by atoms with van der Waals surface area (Å²) in [5.41, 5.74) is 0.270. The smallest absolute Gasteiger partial charge is 0.344 e. The number of hydrogen-bond acceptors (Lipinski definition) is 8. The summed E-state index contributed by atoms with van der Waals surface area (Å²) >= 11 is 0. The zero-order valence-corrected chi connectivity index (χ0v) is 19.2. The van der Waals surface area contributed by atoms with Crippen molar-refractivity contribution in [2.24, 2.45) is 0 Å². The van der Waals surface area contributed by atoms with Crippen molar-refractivity contribution in [3.05, 3.63) is 48.5 Å². The van der Waals surface area contributed by atoms with E-state index in [0.29, 0.717) is 24.7 Å². The summed E-state index contributed by atoms with van der Waals surface area (Å²) in [6, 6.07) is 12.6. The Morgan fingerprint density at radius 1 is 1.09 bits per heavy atom. The van der Waals surface area contributed by atoms with E-state index < -0.39 is 28.0 Å². The largest absolute Gasteiger partial charge is 0.497 e. The zero-order chi connectivity index (χ0) is 23.8. The van der Waals surface area contributed by atoms with Crippen LogP contribution in [0.4, 0.5) is 5.69 Å². The van der Waals surface area contributed by atoms with Crippen LogP contribution in [0.1, 0.15) is 6.92 Å². The number of anilines is 1. The number of hydrogen-bond donors (Lipinski definition) is 1. The minimum atomic E-state index is -3.71. The Morgan fingerprint density at radius 3 is 2.42 bits per heavy atom. The minimum absolute atomic E-state index is 0.0553. The molecular weight excluding hydrogens is 452 g/mol. The summed E-state index contributed by atoms with van der Waals surface area (Å²) in [5, 5.41) is 2.57. The number of rotatable bonds is 9. The summed E-state index contributed by atoms with van der Waals surface area (Å²) in [6.45, 7) is 2.24. The van der Waals surface area contributed by atoms with E-state index in [1.807, 2.05) is 0 Å². The van der Waals surface area contributed by atoms with E-state index in [2.05, 4.69) is 5.32 Å². The van der Waals surface area contributed by atoms with Gasteiger partial charge in [0.2, 0.25) is 10.0 Å². The van der Waals surface area contributed by atoms with Gasteiger partial charge in [-0.15, -0.1) is 0 Å². The molecule has 1 fully saturated rings. The molecule has 3 rings (SSSR count). The number of sulfonamides is 1. The Kier molecular flexibility index (Phi) is 8.26. The lowest BCUT2D eigenvalue weighted by Crippen LogP contribution is -2.40. The second kappa shape index (κ2) is 11.1. The third kappa shape index (κ3) is 6.67. The van der Waals surface area contributed by atoms with Gasteiger partial charge >= 0.3 is 5.97 Å². The molecule has 1 aliphatic heterocycles. The molecule has 0 bridgehead atoms. The predicted molar refractivity (Wildman–Crippen MR) is 119 cm³/mol. The van der Waals surface area contributed by atoms with Gasteiger partial charge in [-0.25, -0.2) is 13.2 Å². The van der Waals surface area contributed by atoms with Crippen molar-refractivity contribution >= 4 is 27.6 Å². The standard InChI is InChI=1S/C22H26N2O8S/c1-16(32-21(25)15-31-19-8-6-18(29-2)7-9-19)22(26)23-17-4-3-5-20(14-17)33(27,28)24-10-12-30-13-11-24/h3-9,14,16H,10-13,15H2,1-2H3,(H,23,26). The van der Waals surface area contributed by atoms with Crippen LogP contribution in [-0.4, -0.2) is 70.7 Å². The number of benzene rings is 2. The molecule has 33 heavy (non-hydrogen) atoms.